The number of aryl methyl sites for hydroxylation is 2. The molecule has 1 aromatic rings. The fourth-order valence-corrected chi connectivity index (χ4v) is 2.33. The maximum Gasteiger partial charge on any atom is 0.310 e. The zero-order chi connectivity index (χ0) is 13.0. The second-order valence-corrected chi connectivity index (χ2v) is 5.08. The van der Waals surface area contributed by atoms with Gasteiger partial charge in [-0.25, -0.2) is 0 Å². The summed E-state index contributed by atoms with van der Waals surface area (Å²) in [6, 6.07) is 6.21. The highest BCUT2D eigenvalue weighted by Crippen LogP contribution is 2.15. The molecule has 1 saturated heterocycles. The molecule has 18 heavy (non-hydrogen) atoms. The third-order valence-electron chi connectivity index (χ3n) is 3.50. The molecule has 1 aromatic carbocycles. The van der Waals surface area contributed by atoms with Gasteiger partial charge in [-0.2, -0.15) is 0 Å². The molecule has 0 spiro atoms. The Labute approximate surface area is 109 Å². The average Bonchev–Trinajstić information content (AvgIpc) is 2.38. The van der Waals surface area contributed by atoms with Gasteiger partial charge in [0.1, 0.15) is 6.61 Å². The van der Waals surface area contributed by atoms with Crippen molar-refractivity contribution in [3.05, 3.63) is 34.9 Å². The highest BCUT2D eigenvalue weighted by Gasteiger charge is 2.22. The van der Waals surface area contributed by atoms with Crippen LogP contribution >= 0.6 is 0 Å². The molecule has 1 aliphatic heterocycles. The fourth-order valence-electron chi connectivity index (χ4n) is 2.33. The number of carbonyl (C=O) groups excluding carboxylic acids is 1. The van der Waals surface area contributed by atoms with Gasteiger partial charge in [0.2, 0.25) is 0 Å². The number of esters is 1. The van der Waals surface area contributed by atoms with E-state index in [0.717, 1.165) is 31.5 Å². The molecule has 1 unspecified atom stereocenters. The van der Waals surface area contributed by atoms with E-state index in [9.17, 15) is 4.79 Å². The summed E-state index contributed by atoms with van der Waals surface area (Å²) in [4.78, 5) is 11.9. The van der Waals surface area contributed by atoms with Crippen LogP contribution in [-0.2, 0) is 16.1 Å². The molecule has 0 aromatic heterocycles. The summed E-state index contributed by atoms with van der Waals surface area (Å²) in [5.74, 6) is -0.0355. The summed E-state index contributed by atoms with van der Waals surface area (Å²) in [6.45, 7) is 6.28. The van der Waals surface area contributed by atoms with Crippen molar-refractivity contribution in [2.45, 2.75) is 33.3 Å². The van der Waals surface area contributed by atoms with Gasteiger partial charge in [-0.1, -0.05) is 23.8 Å². The first-order valence-electron chi connectivity index (χ1n) is 6.60. The SMILES string of the molecule is Cc1ccc(COC(=O)C2CCCNC2)c(C)c1. The first-order valence-corrected chi connectivity index (χ1v) is 6.60. The molecule has 1 atom stereocenters. The minimum Gasteiger partial charge on any atom is -0.461 e. The van der Waals surface area contributed by atoms with Crippen molar-refractivity contribution < 1.29 is 9.53 Å². The van der Waals surface area contributed by atoms with Crippen LogP contribution in [0, 0.1) is 19.8 Å². The molecular weight excluding hydrogens is 226 g/mol. The number of hydrogen-bond donors (Lipinski definition) is 1. The van der Waals surface area contributed by atoms with Crippen LogP contribution in [0.2, 0.25) is 0 Å². The van der Waals surface area contributed by atoms with Crippen LogP contribution in [0.4, 0.5) is 0 Å². The largest absolute Gasteiger partial charge is 0.461 e. The highest BCUT2D eigenvalue weighted by molar-refractivity contribution is 5.72. The van der Waals surface area contributed by atoms with Crippen molar-refractivity contribution in [3.8, 4) is 0 Å². The molecule has 3 nitrogen and oxygen atoms in total. The normalized spacial score (nSPS) is 19.6. The lowest BCUT2D eigenvalue weighted by atomic mass is 10.00. The summed E-state index contributed by atoms with van der Waals surface area (Å²) < 4.78 is 5.41. The van der Waals surface area contributed by atoms with Crippen molar-refractivity contribution in [2.75, 3.05) is 13.1 Å². The number of hydrogen-bond acceptors (Lipinski definition) is 3. The summed E-state index contributed by atoms with van der Waals surface area (Å²) in [7, 11) is 0. The highest BCUT2D eigenvalue weighted by atomic mass is 16.5. The first kappa shape index (κ1) is 13.1. The fraction of sp³-hybridized carbons (Fsp3) is 0.533. The minimum atomic E-state index is -0.0674. The van der Waals surface area contributed by atoms with Gasteiger partial charge >= 0.3 is 5.97 Å². The molecule has 3 heteroatoms. The second kappa shape index (κ2) is 6.01. The molecule has 1 fully saturated rings. The number of nitrogens with one attached hydrogen (secondary N) is 1. The van der Waals surface area contributed by atoms with Crippen molar-refractivity contribution in [1.29, 1.82) is 0 Å². The molecular formula is C15H21NO2. The molecule has 0 bridgehead atoms. The van der Waals surface area contributed by atoms with Crippen molar-refractivity contribution in [2.24, 2.45) is 5.92 Å². The van der Waals surface area contributed by atoms with Gasteiger partial charge in [-0.15, -0.1) is 0 Å². The smallest absolute Gasteiger partial charge is 0.310 e. The predicted octanol–water partition coefficient (Wildman–Crippen LogP) is 2.35. The minimum absolute atomic E-state index is 0.0319. The van der Waals surface area contributed by atoms with E-state index in [0.29, 0.717) is 6.61 Å². The standard InChI is InChI=1S/C15H21NO2/c1-11-5-6-14(12(2)8-11)10-18-15(17)13-4-3-7-16-9-13/h5-6,8,13,16H,3-4,7,9-10H2,1-2H3. The summed E-state index contributed by atoms with van der Waals surface area (Å²) in [6.07, 6.45) is 2.00. The Hall–Kier alpha value is -1.35. The predicted molar refractivity (Wildman–Crippen MR) is 71.3 cm³/mol. The van der Waals surface area contributed by atoms with Gasteiger partial charge in [0.15, 0.2) is 0 Å². The molecule has 0 saturated carbocycles. The van der Waals surface area contributed by atoms with E-state index in [1.165, 1.54) is 11.1 Å². The average molecular weight is 247 g/mol. The zero-order valence-corrected chi connectivity index (χ0v) is 11.2. The quantitative estimate of drug-likeness (QED) is 0.833. The number of benzene rings is 1. The first-order chi connectivity index (χ1) is 8.66. The van der Waals surface area contributed by atoms with Gasteiger partial charge in [0, 0.05) is 6.54 Å². The number of rotatable bonds is 3. The maximum absolute atomic E-state index is 11.9. The monoisotopic (exact) mass is 247 g/mol. The lowest BCUT2D eigenvalue weighted by Crippen LogP contribution is -2.35. The maximum atomic E-state index is 11.9. The van der Waals surface area contributed by atoms with Crippen LogP contribution in [0.5, 0.6) is 0 Å². The summed E-state index contributed by atoms with van der Waals surface area (Å²) in [5.41, 5.74) is 3.52. The lowest BCUT2D eigenvalue weighted by Gasteiger charge is -2.21. The van der Waals surface area contributed by atoms with Crippen LogP contribution < -0.4 is 5.32 Å². The van der Waals surface area contributed by atoms with E-state index >= 15 is 0 Å². The van der Waals surface area contributed by atoms with E-state index in [4.69, 9.17) is 4.74 Å². The van der Waals surface area contributed by atoms with Crippen LogP contribution in [0.1, 0.15) is 29.5 Å². The van der Waals surface area contributed by atoms with E-state index < -0.39 is 0 Å². The van der Waals surface area contributed by atoms with E-state index in [2.05, 4.69) is 31.3 Å². The number of carbonyl (C=O) groups is 1. The molecule has 1 N–H and O–H groups in total. The Kier molecular flexibility index (Phi) is 4.37. The Balaban J connectivity index is 1.88. The van der Waals surface area contributed by atoms with Crippen molar-refractivity contribution >= 4 is 5.97 Å². The van der Waals surface area contributed by atoms with Crippen LogP contribution in [0.25, 0.3) is 0 Å². The molecule has 0 aliphatic carbocycles. The Morgan fingerprint density at radius 1 is 1.44 bits per heavy atom. The summed E-state index contributed by atoms with van der Waals surface area (Å²) in [5, 5.41) is 3.23. The Bertz CT molecular complexity index is 423. The zero-order valence-electron chi connectivity index (χ0n) is 11.2. The number of ether oxygens (including phenoxy) is 1. The Morgan fingerprint density at radius 2 is 2.28 bits per heavy atom. The lowest BCUT2D eigenvalue weighted by molar-refractivity contribution is -0.150. The van der Waals surface area contributed by atoms with Gasteiger partial charge in [-0.05, 0) is 44.4 Å². The van der Waals surface area contributed by atoms with Gasteiger partial charge in [-0.3, -0.25) is 4.79 Å². The Morgan fingerprint density at radius 3 is 2.94 bits per heavy atom. The van der Waals surface area contributed by atoms with E-state index in [1.807, 2.05) is 6.07 Å². The third kappa shape index (κ3) is 3.33. The van der Waals surface area contributed by atoms with Gasteiger partial charge < -0.3 is 10.1 Å². The van der Waals surface area contributed by atoms with Crippen molar-refractivity contribution in [1.82, 2.24) is 5.32 Å². The number of piperidine rings is 1. The molecule has 0 amide bonds. The molecule has 1 heterocycles. The van der Waals surface area contributed by atoms with Crippen LogP contribution in [0.3, 0.4) is 0 Å². The molecule has 2 rings (SSSR count). The second-order valence-electron chi connectivity index (χ2n) is 5.08. The van der Waals surface area contributed by atoms with Crippen LogP contribution in [0.15, 0.2) is 18.2 Å². The molecule has 1 aliphatic rings. The van der Waals surface area contributed by atoms with E-state index in [1.54, 1.807) is 0 Å². The topological polar surface area (TPSA) is 38.3 Å². The van der Waals surface area contributed by atoms with E-state index in [-0.39, 0.29) is 11.9 Å². The van der Waals surface area contributed by atoms with Crippen LogP contribution in [-0.4, -0.2) is 19.1 Å². The molecule has 0 radical (unpaired) electrons. The van der Waals surface area contributed by atoms with Crippen molar-refractivity contribution in [3.63, 3.8) is 0 Å². The molecule has 98 valence electrons. The summed E-state index contributed by atoms with van der Waals surface area (Å²) >= 11 is 0. The third-order valence-corrected chi connectivity index (χ3v) is 3.50. The van der Waals surface area contributed by atoms with Gasteiger partial charge in [0.25, 0.3) is 0 Å². The van der Waals surface area contributed by atoms with Gasteiger partial charge in [0.05, 0.1) is 5.92 Å².